The molecule has 2 heterocycles. The Bertz CT molecular complexity index is 1370. The maximum atomic E-state index is 13.7. The van der Waals surface area contributed by atoms with Gasteiger partial charge in [-0.15, -0.1) is 0 Å². The standard InChI is InChI=1S/C27H27IN2O10/c1-40-17-9-11(8-16(28)23(17)35)20-12-2-3-13-21(26(38)29(24(13)36)6-4-18(31)32)14(12)10-15-22(20)27(39)30(25(15)37)7-5-19(33)34/h2,8-9,13-15,20-22,35H,3-7,10H2,1H3,(H,31,32)(H,33,34)/t13-,14+,15+,20-,21-,22+/m0/s1. The first-order valence-electron chi connectivity index (χ1n) is 12.9. The van der Waals surface area contributed by atoms with E-state index in [4.69, 9.17) is 14.9 Å². The fourth-order valence-corrected chi connectivity index (χ4v) is 7.50. The Balaban J connectivity index is 1.60. The van der Waals surface area contributed by atoms with Crippen LogP contribution < -0.4 is 4.74 Å². The average molecular weight is 666 g/mol. The van der Waals surface area contributed by atoms with Gasteiger partial charge in [0, 0.05) is 19.0 Å². The number of phenolic OH excluding ortho intramolecular Hbond substituents is 1. The van der Waals surface area contributed by atoms with Crippen molar-refractivity contribution in [2.75, 3.05) is 20.2 Å². The zero-order chi connectivity index (χ0) is 29.0. The van der Waals surface area contributed by atoms with E-state index in [9.17, 15) is 33.9 Å². The Kier molecular flexibility index (Phi) is 7.35. The highest BCUT2D eigenvalue weighted by Gasteiger charge is 2.61. The summed E-state index contributed by atoms with van der Waals surface area (Å²) in [6, 6.07) is 3.28. The number of rotatable bonds is 8. The van der Waals surface area contributed by atoms with Gasteiger partial charge in [0.25, 0.3) is 0 Å². The molecule has 3 fully saturated rings. The highest BCUT2D eigenvalue weighted by molar-refractivity contribution is 14.1. The summed E-state index contributed by atoms with van der Waals surface area (Å²) in [4.78, 5) is 78.3. The molecule has 0 radical (unpaired) electrons. The Morgan fingerprint density at radius 2 is 1.48 bits per heavy atom. The minimum atomic E-state index is -1.15. The third-order valence-corrected chi connectivity index (χ3v) is 9.38. The normalized spacial score (nSPS) is 29.2. The minimum absolute atomic E-state index is 0.0870. The summed E-state index contributed by atoms with van der Waals surface area (Å²) in [6.07, 6.45) is 1.40. The summed E-state index contributed by atoms with van der Waals surface area (Å²) in [7, 11) is 1.39. The largest absolute Gasteiger partial charge is 0.504 e. The number of benzene rings is 1. The SMILES string of the molecule is COc1cc([C@H]2C3=CC[C@@H]4C(=O)N(CCC(=O)O)C(=O)[C@@H]4[C@@H]3C[C@H]3C(=O)N(CCC(=O)O)C(=O)[C@@H]23)cc(I)c1O. The molecule has 4 aliphatic rings. The number of halogens is 1. The lowest BCUT2D eigenvalue weighted by Crippen LogP contribution is -2.43. The van der Waals surface area contributed by atoms with Crippen LogP contribution in [-0.4, -0.2) is 80.9 Å². The molecule has 0 bridgehead atoms. The predicted molar refractivity (Wildman–Crippen MR) is 143 cm³/mol. The molecule has 13 heteroatoms. The lowest BCUT2D eigenvalue weighted by molar-refractivity contribution is -0.145. The van der Waals surface area contributed by atoms with E-state index in [0.29, 0.717) is 9.13 Å². The second kappa shape index (κ2) is 10.5. The van der Waals surface area contributed by atoms with Crippen molar-refractivity contribution in [3.05, 3.63) is 32.9 Å². The molecular weight excluding hydrogens is 639 g/mol. The number of hydrogen-bond acceptors (Lipinski definition) is 8. The van der Waals surface area contributed by atoms with Crippen molar-refractivity contribution in [3.63, 3.8) is 0 Å². The summed E-state index contributed by atoms with van der Waals surface area (Å²) in [5, 5.41) is 28.7. The van der Waals surface area contributed by atoms with Gasteiger partial charge in [0.1, 0.15) is 0 Å². The lowest BCUT2D eigenvalue weighted by Gasteiger charge is -2.44. The van der Waals surface area contributed by atoms with E-state index >= 15 is 0 Å². The topological polar surface area (TPSA) is 179 Å². The van der Waals surface area contributed by atoms with Crippen molar-refractivity contribution in [2.24, 2.45) is 29.6 Å². The number of imide groups is 2. The number of carbonyl (C=O) groups excluding carboxylic acids is 4. The highest BCUT2D eigenvalue weighted by Crippen LogP contribution is 2.58. The van der Waals surface area contributed by atoms with Gasteiger partial charge in [-0.1, -0.05) is 11.6 Å². The third kappa shape index (κ3) is 4.43. The van der Waals surface area contributed by atoms with Gasteiger partial charge in [0.05, 0.1) is 47.2 Å². The maximum absolute atomic E-state index is 13.7. The van der Waals surface area contributed by atoms with Crippen LogP contribution in [0.25, 0.3) is 0 Å². The van der Waals surface area contributed by atoms with E-state index < -0.39 is 77.5 Å². The maximum Gasteiger partial charge on any atom is 0.305 e. The number of likely N-dealkylation sites (tertiary alicyclic amines) is 2. The van der Waals surface area contributed by atoms with Gasteiger partial charge in [-0.2, -0.15) is 0 Å². The van der Waals surface area contributed by atoms with Crippen LogP contribution in [0.1, 0.15) is 37.2 Å². The van der Waals surface area contributed by atoms with Crippen molar-refractivity contribution in [2.45, 2.75) is 31.6 Å². The van der Waals surface area contributed by atoms with E-state index in [1.165, 1.54) is 7.11 Å². The molecule has 0 aromatic heterocycles. The first-order valence-corrected chi connectivity index (χ1v) is 13.9. The number of carboxylic acids is 2. The number of fused-ring (bicyclic) bond motifs is 4. The van der Waals surface area contributed by atoms with E-state index in [-0.39, 0.29) is 43.9 Å². The number of carbonyl (C=O) groups is 6. The van der Waals surface area contributed by atoms with Gasteiger partial charge in [-0.25, -0.2) is 0 Å². The van der Waals surface area contributed by atoms with Crippen molar-refractivity contribution in [3.8, 4) is 11.5 Å². The second-order valence-electron chi connectivity index (χ2n) is 10.5. The molecule has 1 aromatic rings. The van der Waals surface area contributed by atoms with E-state index in [2.05, 4.69) is 0 Å². The van der Waals surface area contributed by atoms with E-state index in [0.717, 1.165) is 15.4 Å². The first-order chi connectivity index (χ1) is 19.0. The molecule has 6 atom stereocenters. The number of allylic oxidation sites excluding steroid dienone is 2. The van der Waals surface area contributed by atoms with Crippen LogP contribution in [0.15, 0.2) is 23.8 Å². The van der Waals surface area contributed by atoms with Crippen LogP contribution in [0, 0.1) is 33.2 Å². The first kappa shape index (κ1) is 28.1. The number of ether oxygens (including phenoxy) is 1. The summed E-state index contributed by atoms with van der Waals surface area (Å²) in [5.41, 5.74) is 1.32. The molecule has 4 amide bonds. The molecule has 3 N–H and O–H groups in total. The summed E-state index contributed by atoms with van der Waals surface area (Å²) >= 11 is 1.93. The zero-order valence-electron chi connectivity index (χ0n) is 21.4. The number of amides is 4. The fourth-order valence-electron chi connectivity index (χ4n) is 6.88. The van der Waals surface area contributed by atoms with Crippen molar-refractivity contribution in [1.29, 1.82) is 0 Å². The molecule has 40 heavy (non-hydrogen) atoms. The van der Waals surface area contributed by atoms with Crippen molar-refractivity contribution in [1.82, 2.24) is 9.80 Å². The van der Waals surface area contributed by atoms with Crippen molar-refractivity contribution < 1.29 is 48.8 Å². The molecule has 1 aromatic carbocycles. The van der Waals surface area contributed by atoms with E-state index in [1.54, 1.807) is 12.1 Å². The van der Waals surface area contributed by atoms with Crippen LogP contribution in [0.4, 0.5) is 0 Å². The van der Waals surface area contributed by atoms with Gasteiger partial charge in [0.15, 0.2) is 11.5 Å². The molecule has 212 valence electrons. The summed E-state index contributed by atoms with van der Waals surface area (Å²) < 4.78 is 5.79. The van der Waals surface area contributed by atoms with Gasteiger partial charge >= 0.3 is 11.9 Å². The van der Waals surface area contributed by atoms with Gasteiger partial charge in [-0.05, 0) is 59.0 Å². The number of hydrogen-bond donors (Lipinski definition) is 3. The fraction of sp³-hybridized carbons (Fsp3) is 0.481. The quantitative estimate of drug-likeness (QED) is 0.210. The number of phenols is 1. The molecule has 1 saturated carbocycles. The molecule has 5 rings (SSSR count). The van der Waals surface area contributed by atoms with E-state index in [1.807, 2.05) is 28.7 Å². The third-order valence-electron chi connectivity index (χ3n) is 8.56. The summed E-state index contributed by atoms with van der Waals surface area (Å²) in [6.45, 7) is -0.523. The van der Waals surface area contributed by atoms with Gasteiger partial charge in [-0.3, -0.25) is 38.6 Å². The number of carboxylic acid groups (broad SMARTS) is 2. The molecule has 0 unspecified atom stereocenters. The van der Waals surface area contributed by atoms with Crippen molar-refractivity contribution >= 4 is 58.2 Å². The molecule has 0 spiro atoms. The van der Waals surface area contributed by atoms with Crippen LogP contribution in [0.5, 0.6) is 11.5 Å². The number of aliphatic carboxylic acids is 2. The van der Waals surface area contributed by atoms with Gasteiger partial charge < -0.3 is 20.1 Å². The van der Waals surface area contributed by atoms with Crippen LogP contribution in [-0.2, 0) is 28.8 Å². The minimum Gasteiger partial charge on any atom is -0.504 e. The van der Waals surface area contributed by atoms with Crippen LogP contribution in [0.3, 0.4) is 0 Å². The highest BCUT2D eigenvalue weighted by atomic mass is 127. The summed E-state index contributed by atoms with van der Waals surface area (Å²) in [5.74, 6) is -8.61. The second-order valence-corrected chi connectivity index (χ2v) is 11.7. The van der Waals surface area contributed by atoms with Crippen LogP contribution >= 0.6 is 22.6 Å². The Hall–Kier alpha value is -3.49. The molecule has 12 nitrogen and oxygen atoms in total. The average Bonchev–Trinajstić information content (AvgIpc) is 3.29. The smallest absolute Gasteiger partial charge is 0.305 e. The molecule has 2 aliphatic carbocycles. The Morgan fingerprint density at radius 3 is 2.05 bits per heavy atom. The molecule has 2 saturated heterocycles. The molecular formula is C27H27IN2O10. The Labute approximate surface area is 242 Å². The number of methoxy groups -OCH3 is 1. The number of nitrogens with zero attached hydrogens (tertiary/aromatic N) is 2. The lowest BCUT2D eigenvalue weighted by atomic mass is 9.57. The monoisotopic (exact) mass is 666 g/mol. The molecule has 2 aliphatic heterocycles. The zero-order valence-corrected chi connectivity index (χ0v) is 23.6. The number of aromatic hydroxyl groups is 1. The Morgan fingerprint density at radius 1 is 0.900 bits per heavy atom. The van der Waals surface area contributed by atoms with Gasteiger partial charge in [0.2, 0.25) is 23.6 Å². The van der Waals surface area contributed by atoms with Crippen LogP contribution in [0.2, 0.25) is 0 Å². The predicted octanol–water partition coefficient (Wildman–Crippen LogP) is 1.59.